The van der Waals surface area contributed by atoms with Gasteiger partial charge in [-0.25, -0.2) is 4.79 Å². The van der Waals surface area contributed by atoms with Gasteiger partial charge in [0.2, 0.25) is 0 Å². The Morgan fingerprint density at radius 1 is 1.31 bits per heavy atom. The van der Waals surface area contributed by atoms with Crippen LogP contribution in [0.5, 0.6) is 0 Å². The minimum atomic E-state index is -0.905. The Labute approximate surface area is 96.9 Å². The number of nitrogens with zero attached hydrogens (tertiary/aromatic N) is 2. The predicted molar refractivity (Wildman–Crippen MR) is 60.7 cm³/mol. The van der Waals surface area contributed by atoms with Crippen molar-refractivity contribution in [3.05, 3.63) is 42.2 Å². The fourth-order valence-corrected chi connectivity index (χ4v) is 2.10. The van der Waals surface area contributed by atoms with E-state index in [1.807, 2.05) is 13.2 Å². The molecular weight excluding hydrogens is 224 g/mol. The third-order valence-electron chi connectivity index (χ3n) is 2.02. The van der Waals surface area contributed by atoms with Crippen LogP contribution in [0.15, 0.2) is 46.5 Å². The highest BCUT2D eigenvalue weighted by Gasteiger charge is 2.03. The second-order valence-corrected chi connectivity index (χ2v) is 4.43. The van der Waals surface area contributed by atoms with Gasteiger partial charge in [-0.1, -0.05) is 11.8 Å². The van der Waals surface area contributed by atoms with E-state index in [0.29, 0.717) is 5.56 Å². The molecule has 0 saturated heterocycles. The van der Waals surface area contributed by atoms with Gasteiger partial charge in [0.15, 0.2) is 0 Å². The Balaban J connectivity index is 2.14. The third-order valence-corrected chi connectivity index (χ3v) is 2.97. The molecule has 0 aliphatic heterocycles. The topological polar surface area (TPSA) is 55.1 Å². The first-order valence-corrected chi connectivity index (χ1v) is 5.46. The van der Waals surface area contributed by atoms with Crippen molar-refractivity contribution < 1.29 is 9.90 Å². The molecule has 1 aromatic carbocycles. The molecule has 4 nitrogen and oxygen atoms in total. The number of carboxylic acid groups (broad SMARTS) is 1. The van der Waals surface area contributed by atoms with Gasteiger partial charge in [-0.2, -0.15) is 5.10 Å². The molecule has 5 heteroatoms. The average molecular weight is 234 g/mol. The van der Waals surface area contributed by atoms with Gasteiger partial charge in [0.1, 0.15) is 0 Å². The van der Waals surface area contributed by atoms with Crippen LogP contribution in [0.1, 0.15) is 10.4 Å². The smallest absolute Gasteiger partial charge is 0.335 e. The summed E-state index contributed by atoms with van der Waals surface area (Å²) in [6.07, 6.45) is 3.69. The number of benzene rings is 1. The molecule has 0 fully saturated rings. The van der Waals surface area contributed by atoms with Gasteiger partial charge < -0.3 is 5.11 Å². The molecule has 82 valence electrons. The van der Waals surface area contributed by atoms with E-state index < -0.39 is 5.97 Å². The molecule has 0 spiro atoms. The lowest BCUT2D eigenvalue weighted by molar-refractivity contribution is 0.0697. The zero-order valence-corrected chi connectivity index (χ0v) is 9.44. The van der Waals surface area contributed by atoms with Gasteiger partial charge in [0, 0.05) is 18.1 Å². The number of rotatable bonds is 3. The van der Waals surface area contributed by atoms with E-state index in [1.54, 1.807) is 46.9 Å². The second-order valence-electron chi connectivity index (χ2n) is 3.28. The molecule has 1 aromatic heterocycles. The van der Waals surface area contributed by atoms with Crippen molar-refractivity contribution in [2.45, 2.75) is 9.79 Å². The van der Waals surface area contributed by atoms with Gasteiger partial charge in [-0.05, 0) is 24.3 Å². The first-order valence-electron chi connectivity index (χ1n) is 4.65. The zero-order valence-electron chi connectivity index (χ0n) is 8.62. The Kier molecular flexibility index (Phi) is 2.96. The molecule has 0 aliphatic rings. The number of hydrogen-bond donors (Lipinski definition) is 1. The second kappa shape index (κ2) is 4.40. The molecular formula is C11H10N2O2S. The lowest BCUT2D eigenvalue weighted by Crippen LogP contribution is -1.94. The van der Waals surface area contributed by atoms with Gasteiger partial charge in [-0.15, -0.1) is 0 Å². The molecule has 0 radical (unpaired) electrons. The molecule has 2 rings (SSSR count). The van der Waals surface area contributed by atoms with E-state index in [-0.39, 0.29) is 0 Å². The van der Waals surface area contributed by atoms with E-state index in [4.69, 9.17) is 5.11 Å². The Morgan fingerprint density at radius 2 is 2.00 bits per heavy atom. The number of carboxylic acids is 1. The average Bonchev–Trinajstić information content (AvgIpc) is 2.65. The summed E-state index contributed by atoms with van der Waals surface area (Å²) in [7, 11) is 1.86. The molecule has 0 unspecified atom stereocenters. The van der Waals surface area contributed by atoms with Crippen LogP contribution >= 0.6 is 11.8 Å². The van der Waals surface area contributed by atoms with Gasteiger partial charge >= 0.3 is 5.97 Å². The first-order chi connectivity index (χ1) is 7.65. The third kappa shape index (κ3) is 2.43. The minimum absolute atomic E-state index is 0.301. The fraction of sp³-hybridized carbons (Fsp3) is 0.0909. The summed E-state index contributed by atoms with van der Waals surface area (Å²) in [5, 5.41) is 12.8. The van der Waals surface area contributed by atoms with Crippen molar-refractivity contribution in [2.75, 3.05) is 0 Å². The van der Waals surface area contributed by atoms with E-state index >= 15 is 0 Å². The van der Waals surface area contributed by atoms with Crippen LogP contribution in [0.3, 0.4) is 0 Å². The molecule has 1 N–H and O–H groups in total. The van der Waals surface area contributed by atoms with E-state index in [0.717, 1.165) is 9.79 Å². The standard InChI is InChI=1S/C11H10N2O2S/c1-13-7-10(6-12-13)16-9-4-2-8(3-5-9)11(14)15/h2-7H,1H3,(H,14,15). The number of carbonyl (C=O) groups is 1. The highest BCUT2D eigenvalue weighted by Crippen LogP contribution is 2.26. The molecule has 16 heavy (non-hydrogen) atoms. The van der Waals surface area contributed by atoms with Gasteiger partial charge in [0.05, 0.1) is 16.7 Å². The molecule has 1 heterocycles. The maximum absolute atomic E-state index is 10.7. The highest BCUT2D eigenvalue weighted by molar-refractivity contribution is 7.99. The predicted octanol–water partition coefficient (Wildman–Crippen LogP) is 2.27. The Hall–Kier alpha value is -1.75. The van der Waals surface area contributed by atoms with Crippen LogP contribution in [0, 0.1) is 0 Å². The monoisotopic (exact) mass is 234 g/mol. The van der Waals surface area contributed by atoms with Crippen LogP contribution in [0.2, 0.25) is 0 Å². The SMILES string of the molecule is Cn1cc(Sc2ccc(C(=O)O)cc2)cn1. The summed E-state index contributed by atoms with van der Waals surface area (Å²) < 4.78 is 1.73. The largest absolute Gasteiger partial charge is 0.478 e. The lowest BCUT2D eigenvalue weighted by Gasteiger charge is -1.98. The van der Waals surface area contributed by atoms with Gasteiger partial charge in [-0.3, -0.25) is 4.68 Å². The van der Waals surface area contributed by atoms with Crippen LogP contribution in [0.25, 0.3) is 0 Å². The Morgan fingerprint density at radius 3 is 2.50 bits per heavy atom. The molecule has 0 atom stereocenters. The number of aromatic carboxylic acids is 1. The van der Waals surface area contributed by atoms with E-state index in [2.05, 4.69) is 5.10 Å². The number of hydrogen-bond acceptors (Lipinski definition) is 3. The Bertz CT molecular complexity index is 505. The summed E-state index contributed by atoms with van der Waals surface area (Å²) in [4.78, 5) is 12.7. The van der Waals surface area contributed by atoms with Crippen molar-refractivity contribution in [1.82, 2.24) is 9.78 Å². The van der Waals surface area contributed by atoms with Crippen molar-refractivity contribution in [3.63, 3.8) is 0 Å². The molecule has 2 aromatic rings. The van der Waals surface area contributed by atoms with Crippen molar-refractivity contribution in [2.24, 2.45) is 7.05 Å². The van der Waals surface area contributed by atoms with Crippen molar-refractivity contribution in [1.29, 1.82) is 0 Å². The maximum atomic E-state index is 10.7. The van der Waals surface area contributed by atoms with Crippen molar-refractivity contribution >= 4 is 17.7 Å². The zero-order chi connectivity index (χ0) is 11.5. The summed E-state index contributed by atoms with van der Waals surface area (Å²) >= 11 is 1.55. The van der Waals surface area contributed by atoms with Crippen LogP contribution in [-0.4, -0.2) is 20.9 Å². The molecule has 0 amide bonds. The summed E-state index contributed by atoms with van der Waals surface area (Å²) in [6, 6.07) is 6.78. The number of aryl methyl sites for hydroxylation is 1. The minimum Gasteiger partial charge on any atom is -0.478 e. The first kappa shape index (κ1) is 10.8. The fourth-order valence-electron chi connectivity index (χ4n) is 1.25. The van der Waals surface area contributed by atoms with E-state index in [1.165, 1.54) is 0 Å². The van der Waals surface area contributed by atoms with Crippen LogP contribution in [-0.2, 0) is 7.05 Å². The quantitative estimate of drug-likeness (QED) is 0.885. The summed E-state index contributed by atoms with van der Waals surface area (Å²) in [5.74, 6) is -0.905. The highest BCUT2D eigenvalue weighted by atomic mass is 32.2. The van der Waals surface area contributed by atoms with E-state index in [9.17, 15) is 4.79 Å². The molecule has 0 saturated carbocycles. The van der Waals surface area contributed by atoms with Crippen LogP contribution < -0.4 is 0 Å². The molecule has 0 aliphatic carbocycles. The van der Waals surface area contributed by atoms with Crippen LogP contribution in [0.4, 0.5) is 0 Å². The lowest BCUT2D eigenvalue weighted by atomic mass is 10.2. The normalized spacial score (nSPS) is 10.3. The number of aromatic nitrogens is 2. The maximum Gasteiger partial charge on any atom is 0.335 e. The summed E-state index contributed by atoms with van der Waals surface area (Å²) in [6.45, 7) is 0. The summed E-state index contributed by atoms with van der Waals surface area (Å²) in [5.41, 5.74) is 0.301. The van der Waals surface area contributed by atoms with Gasteiger partial charge in [0.25, 0.3) is 0 Å². The van der Waals surface area contributed by atoms with Crippen molar-refractivity contribution in [3.8, 4) is 0 Å². The molecule has 0 bridgehead atoms.